The lowest BCUT2D eigenvalue weighted by molar-refractivity contribution is -0.123. The maximum atomic E-state index is 12.4. The smallest absolute Gasteiger partial charge is 0.234 e. The summed E-state index contributed by atoms with van der Waals surface area (Å²) < 4.78 is 5.63. The lowest BCUT2D eigenvalue weighted by atomic mass is 10.0. The molecule has 1 heterocycles. The van der Waals surface area contributed by atoms with E-state index in [9.17, 15) is 4.79 Å². The van der Waals surface area contributed by atoms with Crippen LogP contribution in [0.25, 0.3) is 0 Å². The van der Waals surface area contributed by atoms with Crippen LogP contribution in [0.5, 0.6) is 5.75 Å². The molecule has 0 aromatic heterocycles. The van der Waals surface area contributed by atoms with Gasteiger partial charge in [-0.25, -0.2) is 0 Å². The highest BCUT2D eigenvalue weighted by molar-refractivity contribution is 6.30. The molecule has 24 heavy (non-hydrogen) atoms. The van der Waals surface area contributed by atoms with E-state index in [2.05, 4.69) is 5.32 Å². The first-order valence-electron chi connectivity index (χ1n) is 8.06. The first kappa shape index (κ1) is 16.8. The number of fused-ring (bicyclic) bond motifs is 1. The zero-order chi connectivity index (χ0) is 16.9. The SMILES string of the molecule is CN(CC(=O)N[C@@H]1CCOc2ccccc21)Cc1cccc(Cl)c1. The highest BCUT2D eigenvalue weighted by Gasteiger charge is 2.22. The molecule has 0 saturated heterocycles. The minimum atomic E-state index is 0.0150. The minimum Gasteiger partial charge on any atom is -0.493 e. The molecule has 3 rings (SSSR count). The van der Waals surface area contributed by atoms with Crippen molar-refractivity contribution in [3.8, 4) is 5.75 Å². The molecule has 2 aromatic carbocycles. The fourth-order valence-electron chi connectivity index (χ4n) is 2.98. The second-order valence-electron chi connectivity index (χ2n) is 6.10. The van der Waals surface area contributed by atoms with Gasteiger partial charge >= 0.3 is 0 Å². The Labute approximate surface area is 147 Å². The summed E-state index contributed by atoms with van der Waals surface area (Å²) in [5.74, 6) is 0.877. The summed E-state index contributed by atoms with van der Waals surface area (Å²) in [5, 5.41) is 3.83. The largest absolute Gasteiger partial charge is 0.493 e. The molecule has 0 spiro atoms. The Balaban J connectivity index is 1.56. The Hall–Kier alpha value is -2.04. The van der Waals surface area contributed by atoms with Crippen LogP contribution < -0.4 is 10.1 Å². The van der Waals surface area contributed by atoms with E-state index in [4.69, 9.17) is 16.3 Å². The number of halogens is 1. The first-order chi connectivity index (χ1) is 11.6. The summed E-state index contributed by atoms with van der Waals surface area (Å²) in [6.07, 6.45) is 0.792. The fourth-order valence-corrected chi connectivity index (χ4v) is 3.19. The van der Waals surface area contributed by atoms with Crippen LogP contribution in [0, 0.1) is 0 Å². The number of para-hydroxylation sites is 1. The van der Waals surface area contributed by atoms with E-state index < -0.39 is 0 Å². The van der Waals surface area contributed by atoms with Crippen molar-refractivity contribution in [3.63, 3.8) is 0 Å². The van der Waals surface area contributed by atoms with Gasteiger partial charge in [0.15, 0.2) is 0 Å². The number of amides is 1. The van der Waals surface area contributed by atoms with E-state index in [0.29, 0.717) is 24.7 Å². The molecule has 0 saturated carbocycles. The van der Waals surface area contributed by atoms with Gasteiger partial charge in [0.25, 0.3) is 0 Å². The minimum absolute atomic E-state index is 0.0150. The van der Waals surface area contributed by atoms with Gasteiger partial charge in [-0.15, -0.1) is 0 Å². The predicted octanol–water partition coefficient (Wildman–Crippen LogP) is 3.41. The van der Waals surface area contributed by atoms with E-state index in [1.54, 1.807) is 0 Å². The Morgan fingerprint density at radius 1 is 1.29 bits per heavy atom. The number of hydrogen-bond donors (Lipinski definition) is 1. The second kappa shape index (κ2) is 7.69. The van der Waals surface area contributed by atoms with Gasteiger partial charge in [-0.3, -0.25) is 9.69 Å². The van der Waals surface area contributed by atoms with Crippen LogP contribution in [0.3, 0.4) is 0 Å². The lowest BCUT2D eigenvalue weighted by Crippen LogP contribution is -2.38. The molecule has 0 aliphatic carbocycles. The molecular formula is C19H21ClN2O2. The van der Waals surface area contributed by atoms with Crippen molar-refractivity contribution in [2.45, 2.75) is 19.0 Å². The zero-order valence-electron chi connectivity index (χ0n) is 13.7. The normalized spacial score (nSPS) is 16.4. The van der Waals surface area contributed by atoms with Crippen LogP contribution >= 0.6 is 11.6 Å². The number of likely N-dealkylation sites (N-methyl/N-ethyl adjacent to an activating group) is 1. The molecule has 0 radical (unpaired) electrons. The summed E-state index contributed by atoms with van der Waals surface area (Å²) >= 11 is 6.00. The number of nitrogens with one attached hydrogen (secondary N) is 1. The summed E-state index contributed by atoms with van der Waals surface area (Å²) in [6, 6.07) is 15.6. The maximum absolute atomic E-state index is 12.4. The van der Waals surface area contributed by atoms with Crippen LogP contribution in [0.2, 0.25) is 5.02 Å². The molecule has 0 unspecified atom stereocenters. The topological polar surface area (TPSA) is 41.6 Å². The average Bonchev–Trinajstić information content (AvgIpc) is 2.55. The molecule has 1 aliphatic rings. The molecular weight excluding hydrogens is 324 g/mol. The summed E-state index contributed by atoms with van der Waals surface area (Å²) in [7, 11) is 1.93. The van der Waals surface area contributed by atoms with E-state index in [-0.39, 0.29) is 11.9 Å². The number of rotatable bonds is 5. The van der Waals surface area contributed by atoms with Crippen molar-refractivity contribution in [2.75, 3.05) is 20.2 Å². The van der Waals surface area contributed by atoms with Crippen molar-refractivity contribution in [1.29, 1.82) is 0 Å². The van der Waals surface area contributed by atoms with Crippen LogP contribution in [-0.4, -0.2) is 31.0 Å². The molecule has 1 aliphatic heterocycles. The van der Waals surface area contributed by atoms with Gasteiger partial charge in [0.2, 0.25) is 5.91 Å². The number of nitrogens with zero attached hydrogens (tertiary/aromatic N) is 1. The molecule has 126 valence electrons. The quantitative estimate of drug-likeness (QED) is 0.903. The molecule has 0 fully saturated rings. The molecule has 1 amide bonds. The van der Waals surface area contributed by atoms with Gasteiger partial charge in [-0.1, -0.05) is 41.9 Å². The molecule has 5 heteroatoms. The standard InChI is InChI=1S/C19H21ClN2O2/c1-22(12-14-5-4-6-15(20)11-14)13-19(23)21-17-9-10-24-18-8-3-2-7-16(17)18/h2-8,11,17H,9-10,12-13H2,1H3,(H,21,23)/t17-/m1/s1. The third kappa shape index (κ3) is 4.28. The van der Waals surface area contributed by atoms with Gasteiger partial charge < -0.3 is 10.1 Å². The third-order valence-electron chi connectivity index (χ3n) is 4.05. The number of hydrogen-bond acceptors (Lipinski definition) is 3. The monoisotopic (exact) mass is 344 g/mol. The zero-order valence-corrected chi connectivity index (χ0v) is 14.4. The highest BCUT2D eigenvalue weighted by Crippen LogP contribution is 2.31. The first-order valence-corrected chi connectivity index (χ1v) is 8.43. The second-order valence-corrected chi connectivity index (χ2v) is 6.53. The number of ether oxygens (including phenoxy) is 1. The van der Waals surface area contributed by atoms with E-state index in [1.165, 1.54) is 0 Å². The Morgan fingerprint density at radius 2 is 2.12 bits per heavy atom. The van der Waals surface area contributed by atoms with Crippen LogP contribution in [0.15, 0.2) is 48.5 Å². The Morgan fingerprint density at radius 3 is 2.96 bits per heavy atom. The van der Waals surface area contributed by atoms with Gasteiger partial charge in [0.05, 0.1) is 19.2 Å². The number of carbonyl (C=O) groups excluding carboxylic acids is 1. The van der Waals surface area contributed by atoms with Crippen molar-refractivity contribution < 1.29 is 9.53 Å². The lowest BCUT2D eigenvalue weighted by Gasteiger charge is -2.27. The predicted molar refractivity (Wildman–Crippen MR) is 95.2 cm³/mol. The van der Waals surface area contributed by atoms with Crippen molar-refractivity contribution in [1.82, 2.24) is 10.2 Å². The summed E-state index contributed by atoms with van der Waals surface area (Å²) in [4.78, 5) is 14.3. The van der Waals surface area contributed by atoms with E-state index in [0.717, 1.165) is 23.3 Å². The molecule has 0 bridgehead atoms. The van der Waals surface area contributed by atoms with Gasteiger partial charge in [-0.05, 0) is 30.8 Å². The summed E-state index contributed by atoms with van der Waals surface area (Å²) in [5.41, 5.74) is 2.14. The van der Waals surface area contributed by atoms with Crippen molar-refractivity contribution in [2.24, 2.45) is 0 Å². The molecule has 1 N–H and O–H groups in total. The van der Waals surface area contributed by atoms with Crippen LogP contribution in [0.1, 0.15) is 23.6 Å². The van der Waals surface area contributed by atoms with Gasteiger partial charge in [0.1, 0.15) is 5.75 Å². The van der Waals surface area contributed by atoms with Crippen LogP contribution in [0.4, 0.5) is 0 Å². The highest BCUT2D eigenvalue weighted by atomic mass is 35.5. The Kier molecular flexibility index (Phi) is 5.38. The number of carbonyl (C=O) groups is 1. The average molecular weight is 345 g/mol. The third-order valence-corrected chi connectivity index (χ3v) is 4.28. The maximum Gasteiger partial charge on any atom is 0.234 e. The molecule has 2 aromatic rings. The van der Waals surface area contributed by atoms with Gasteiger partial charge in [0, 0.05) is 23.6 Å². The van der Waals surface area contributed by atoms with E-state index in [1.807, 2.05) is 60.5 Å². The Bertz CT molecular complexity index is 720. The molecule has 1 atom stereocenters. The van der Waals surface area contributed by atoms with Crippen molar-refractivity contribution in [3.05, 3.63) is 64.7 Å². The number of benzene rings is 2. The fraction of sp³-hybridized carbons (Fsp3) is 0.316. The van der Waals surface area contributed by atoms with Gasteiger partial charge in [-0.2, -0.15) is 0 Å². The molecule has 4 nitrogen and oxygen atoms in total. The van der Waals surface area contributed by atoms with Crippen LogP contribution in [-0.2, 0) is 11.3 Å². The van der Waals surface area contributed by atoms with Crippen molar-refractivity contribution >= 4 is 17.5 Å². The van der Waals surface area contributed by atoms with E-state index >= 15 is 0 Å². The summed E-state index contributed by atoms with van der Waals surface area (Å²) in [6.45, 7) is 1.64.